The Balaban J connectivity index is 3.37. The van der Waals surface area contributed by atoms with Crippen LogP contribution in [0.5, 0.6) is 0 Å². The molecule has 0 aliphatic rings. The van der Waals surface area contributed by atoms with Gasteiger partial charge in [-0.1, -0.05) is 109 Å². The zero-order valence-electron chi connectivity index (χ0n) is 22.3. The summed E-state index contributed by atoms with van der Waals surface area (Å²) in [5.41, 5.74) is -0.118. The largest absolute Gasteiger partial charge is 0.331 e. The number of allylic oxidation sites excluding steroid dienone is 2. The molecule has 0 rings (SSSR count). The van der Waals surface area contributed by atoms with Gasteiger partial charge in [-0.25, -0.2) is 9.13 Å². The molecule has 0 aliphatic carbocycles. The SMILES string of the molecule is CCCCCCCCC=CCCCCCCCCCCCCC(CC[N+](C)(C)C)P(=O)=O. The van der Waals surface area contributed by atoms with Crippen molar-refractivity contribution in [2.75, 3.05) is 27.7 Å². The summed E-state index contributed by atoms with van der Waals surface area (Å²) >= 11 is 0. The molecule has 0 aromatic heterocycles. The Morgan fingerprint density at radius 1 is 0.594 bits per heavy atom. The van der Waals surface area contributed by atoms with Crippen LogP contribution < -0.4 is 0 Å². The topological polar surface area (TPSA) is 34.1 Å². The van der Waals surface area contributed by atoms with Crippen LogP contribution in [-0.4, -0.2) is 37.8 Å². The van der Waals surface area contributed by atoms with Gasteiger partial charge in [-0.15, -0.1) is 0 Å². The van der Waals surface area contributed by atoms with Crippen LogP contribution in [-0.2, 0) is 9.13 Å². The van der Waals surface area contributed by atoms with Crippen molar-refractivity contribution in [3.8, 4) is 0 Å². The molecule has 0 bridgehead atoms. The fraction of sp³-hybridized carbons (Fsp3) is 0.929. The van der Waals surface area contributed by atoms with Gasteiger partial charge in [0.2, 0.25) is 0 Å². The third-order valence-corrected chi connectivity index (χ3v) is 7.59. The normalized spacial score (nSPS) is 13.1. The minimum atomic E-state index is -2.28. The van der Waals surface area contributed by atoms with Crippen molar-refractivity contribution >= 4 is 7.68 Å². The number of hydrogen-bond acceptors (Lipinski definition) is 2. The van der Waals surface area contributed by atoms with Crippen molar-refractivity contribution in [2.45, 2.75) is 141 Å². The average Bonchev–Trinajstić information content (AvgIpc) is 2.73. The first kappa shape index (κ1) is 31.6. The van der Waals surface area contributed by atoms with Crippen LogP contribution in [0.1, 0.15) is 135 Å². The standard InChI is InChI=1S/C28H57NO2P/c1-5-6-7-8-9-10-11-12-13-14-15-16-17-18-19-20-21-22-23-24-25-28(32(30)31)26-27-29(2,3)4/h12-13,28H,5-11,14-27H2,1-4H3/q+1. The number of unbranched alkanes of at least 4 members (excludes halogenated alkanes) is 16. The van der Waals surface area contributed by atoms with E-state index in [0.29, 0.717) is 0 Å². The van der Waals surface area contributed by atoms with Gasteiger partial charge >= 0.3 is 7.68 Å². The second-order valence-corrected chi connectivity index (χ2v) is 12.2. The molecular formula is C28H57NO2P+. The summed E-state index contributed by atoms with van der Waals surface area (Å²) in [5, 5.41) is 0. The highest BCUT2D eigenvalue weighted by molar-refractivity contribution is 7.31. The molecule has 0 aromatic carbocycles. The summed E-state index contributed by atoms with van der Waals surface area (Å²) in [4.78, 5) is 0. The molecule has 0 N–H and O–H groups in total. The van der Waals surface area contributed by atoms with Gasteiger partial charge < -0.3 is 4.48 Å². The van der Waals surface area contributed by atoms with Crippen LogP contribution in [0.4, 0.5) is 0 Å². The molecular weight excluding hydrogens is 413 g/mol. The van der Waals surface area contributed by atoms with E-state index < -0.39 is 7.68 Å². The average molecular weight is 471 g/mol. The van der Waals surface area contributed by atoms with E-state index in [2.05, 4.69) is 40.2 Å². The molecule has 32 heavy (non-hydrogen) atoms. The number of nitrogens with zero attached hydrogens (tertiary/aromatic N) is 1. The molecule has 3 nitrogen and oxygen atoms in total. The predicted octanol–water partition coefficient (Wildman–Crippen LogP) is 9.61. The fourth-order valence-corrected chi connectivity index (χ4v) is 4.95. The first-order valence-corrected chi connectivity index (χ1v) is 15.2. The predicted molar refractivity (Wildman–Crippen MR) is 142 cm³/mol. The van der Waals surface area contributed by atoms with Crippen LogP contribution in [0.25, 0.3) is 0 Å². The molecule has 0 radical (unpaired) electrons. The van der Waals surface area contributed by atoms with E-state index in [4.69, 9.17) is 0 Å². The van der Waals surface area contributed by atoms with Crippen molar-refractivity contribution in [1.29, 1.82) is 0 Å². The summed E-state index contributed by atoms with van der Waals surface area (Å²) in [6.45, 7) is 3.21. The Bertz CT molecular complexity index is 486. The van der Waals surface area contributed by atoms with Crippen LogP contribution in [0.3, 0.4) is 0 Å². The molecule has 0 aliphatic heterocycles. The van der Waals surface area contributed by atoms with Crippen LogP contribution in [0, 0.1) is 0 Å². The zero-order valence-corrected chi connectivity index (χ0v) is 23.2. The highest BCUT2D eigenvalue weighted by atomic mass is 31.1. The van der Waals surface area contributed by atoms with Gasteiger partial charge in [-0.2, -0.15) is 0 Å². The number of quaternary nitrogens is 1. The van der Waals surface area contributed by atoms with Gasteiger partial charge in [0.1, 0.15) is 0 Å². The maximum absolute atomic E-state index is 11.5. The van der Waals surface area contributed by atoms with Gasteiger partial charge in [0.05, 0.1) is 33.3 Å². The Labute approximate surface area is 202 Å². The number of hydrogen-bond donors (Lipinski definition) is 0. The summed E-state index contributed by atoms with van der Waals surface area (Å²) in [5.74, 6) is 0. The summed E-state index contributed by atoms with van der Waals surface area (Å²) in [6.07, 6.45) is 30.4. The van der Waals surface area contributed by atoms with Crippen molar-refractivity contribution in [3.05, 3.63) is 12.2 Å². The highest BCUT2D eigenvalue weighted by Crippen LogP contribution is 2.25. The van der Waals surface area contributed by atoms with Crippen molar-refractivity contribution < 1.29 is 13.6 Å². The van der Waals surface area contributed by atoms with E-state index in [0.717, 1.165) is 30.3 Å². The number of rotatable bonds is 24. The molecule has 0 saturated heterocycles. The Morgan fingerprint density at radius 3 is 1.41 bits per heavy atom. The lowest BCUT2D eigenvalue weighted by Crippen LogP contribution is -2.36. The van der Waals surface area contributed by atoms with Crippen molar-refractivity contribution in [3.63, 3.8) is 0 Å². The van der Waals surface area contributed by atoms with Crippen LogP contribution >= 0.6 is 7.68 Å². The van der Waals surface area contributed by atoms with Crippen molar-refractivity contribution in [2.24, 2.45) is 0 Å². The molecule has 0 spiro atoms. The zero-order chi connectivity index (χ0) is 23.9. The van der Waals surface area contributed by atoms with Gasteiger partial charge in [-0.3, -0.25) is 0 Å². The van der Waals surface area contributed by atoms with E-state index in [9.17, 15) is 9.13 Å². The lowest BCUT2D eigenvalue weighted by Gasteiger charge is -2.24. The monoisotopic (exact) mass is 470 g/mol. The van der Waals surface area contributed by atoms with Crippen LogP contribution in [0.15, 0.2) is 12.2 Å². The summed E-state index contributed by atoms with van der Waals surface area (Å²) in [7, 11) is 4.11. The van der Waals surface area contributed by atoms with E-state index in [1.165, 1.54) is 109 Å². The minimum absolute atomic E-state index is 0.118. The third kappa shape index (κ3) is 24.2. The molecule has 0 saturated carbocycles. The molecule has 0 amide bonds. The van der Waals surface area contributed by atoms with Gasteiger partial charge in [-0.05, 0) is 32.1 Å². The quantitative estimate of drug-likeness (QED) is 0.0609. The van der Waals surface area contributed by atoms with E-state index in [1.807, 2.05) is 0 Å². The lowest BCUT2D eigenvalue weighted by atomic mass is 10.0. The molecule has 0 aromatic rings. The summed E-state index contributed by atoms with van der Waals surface area (Å²) in [6, 6.07) is 0. The lowest BCUT2D eigenvalue weighted by molar-refractivity contribution is -0.870. The van der Waals surface area contributed by atoms with Gasteiger partial charge in [0.15, 0.2) is 0 Å². The van der Waals surface area contributed by atoms with Gasteiger partial charge in [0, 0.05) is 6.42 Å². The molecule has 1 unspecified atom stereocenters. The van der Waals surface area contributed by atoms with Crippen LogP contribution in [0.2, 0.25) is 0 Å². The Morgan fingerprint density at radius 2 is 1.00 bits per heavy atom. The van der Waals surface area contributed by atoms with Gasteiger partial charge in [0.25, 0.3) is 0 Å². The first-order chi connectivity index (χ1) is 15.4. The molecule has 190 valence electrons. The van der Waals surface area contributed by atoms with E-state index in [-0.39, 0.29) is 5.66 Å². The molecule has 1 atom stereocenters. The highest BCUT2D eigenvalue weighted by Gasteiger charge is 2.18. The maximum Gasteiger partial charge on any atom is 0.319 e. The van der Waals surface area contributed by atoms with E-state index in [1.54, 1.807) is 0 Å². The second-order valence-electron chi connectivity index (χ2n) is 10.9. The molecule has 0 fully saturated rings. The Kier molecular flexibility index (Phi) is 22.1. The van der Waals surface area contributed by atoms with E-state index >= 15 is 0 Å². The Hall–Kier alpha value is -0.400. The minimum Gasteiger partial charge on any atom is -0.331 e. The summed E-state index contributed by atoms with van der Waals surface area (Å²) < 4.78 is 23.8. The second kappa shape index (κ2) is 22.4. The third-order valence-electron chi connectivity index (χ3n) is 6.48. The first-order valence-electron chi connectivity index (χ1n) is 14.0. The smallest absolute Gasteiger partial charge is 0.319 e. The molecule has 4 heteroatoms. The molecule has 0 heterocycles. The maximum atomic E-state index is 11.5. The fourth-order valence-electron chi connectivity index (χ4n) is 4.23. The van der Waals surface area contributed by atoms with Crippen molar-refractivity contribution in [1.82, 2.24) is 0 Å².